The van der Waals surface area contributed by atoms with Gasteiger partial charge in [0, 0.05) is 4.90 Å². The highest BCUT2D eigenvalue weighted by atomic mass is 32.2. The van der Waals surface area contributed by atoms with Gasteiger partial charge in [0.1, 0.15) is 11.3 Å². The standard InChI is InChI=1S/C22H19F3N2O2S/c1-13-7-9-14(10-8-13)19(15-5-3-4-6-17(15)30-2)27-21(29)16-11-12-18(22(23,24)25)26-20(16)28/h3-12,19H,1-2H3,(H,26,28)(H,27,29). The van der Waals surface area contributed by atoms with Gasteiger partial charge in [-0.2, -0.15) is 13.2 Å². The van der Waals surface area contributed by atoms with Crippen LogP contribution in [-0.2, 0) is 6.18 Å². The number of benzene rings is 2. The van der Waals surface area contributed by atoms with E-state index in [4.69, 9.17) is 0 Å². The lowest BCUT2D eigenvalue weighted by atomic mass is 9.97. The van der Waals surface area contributed by atoms with Gasteiger partial charge in [0.05, 0.1) is 6.04 Å². The molecule has 0 radical (unpaired) electrons. The highest BCUT2D eigenvalue weighted by molar-refractivity contribution is 7.98. The van der Waals surface area contributed by atoms with Crippen molar-refractivity contribution in [3.05, 3.63) is 99.0 Å². The zero-order valence-electron chi connectivity index (χ0n) is 16.2. The maximum atomic E-state index is 12.8. The molecule has 0 saturated carbocycles. The van der Waals surface area contributed by atoms with E-state index in [9.17, 15) is 22.8 Å². The number of hydrogen-bond donors (Lipinski definition) is 2. The molecular formula is C22H19F3N2O2S. The SMILES string of the molecule is CSc1ccccc1C(NC(=O)c1ccc(C(F)(F)F)[nH]c1=O)c1ccc(C)cc1. The second kappa shape index (κ2) is 8.79. The summed E-state index contributed by atoms with van der Waals surface area (Å²) in [6.45, 7) is 1.94. The number of pyridine rings is 1. The first-order chi connectivity index (χ1) is 14.2. The van der Waals surface area contributed by atoms with Gasteiger partial charge in [0.15, 0.2) is 0 Å². The van der Waals surface area contributed by atoms with Crippen LogP contribution in [0.2, 0.25) is 0 Å². The van der Waals surface area contributed by atoms with Crippen LogP contribution in [0.3, 0.4) is 0 Å². The van der Waals surface area contributed by atoms with E-state index < -0.39 is 29.4 Å². The van der Waals surface area contributed by atoms with E-state index in [1.165, 1.54) is 11.8 Å². The molecule has 0 bridgehead atoms. The molecule has 8 heteroatoms. The molecule has 2 aromatic carbocycles. The third-order valence-corrected chi connectivity index (χ3v) is 5.41. The molecule has 4 nitrogen and oxygen atoms in total. The summed E-state index contributed by atoms with van der Waals surface area (Å²) in [6, 6.07) is 16.0. The Kier molecular flexibility index (Phi) is 6.36. The molecule has 0 spiro atoms. The summed E-state index contributed by atoms with van der Waals surface area (Å²) in [4.78, 5) is 27.6. The molecule has 1 aromatic heterocycles. The molecule has 1 amide bonds. The Hall–Kier alpha value is -3.00. The smallest absolute Gasteiger partial charge is 0.341 e. The molecule has 30 heavy (non-hydrogen) atoms. The lowest BCUT2D eigenvalue weighted by molar-refractivity contribution is -0.141. The highest BCUT2D eigenvalue weighted by Gasteiger charge is 2.32. The molecule has 0 aliphatic carbocycles. The predicted molar refractivity (Wildman–Crippen MR) is 111 cm³/mol. The van der Waals surface area contributed by atoms with Gasteiger partial charge in [-0.1, -0.05) is 48.0 Å². The molecule has 3 aromatic rings. The zero-order valence-corrected chi connectivity index (χ0v) is 17.0. The number of halogens is 3. The van der Waals surface area contributed by atoms with Crippen molar-refractivity contribution in [2.24, 2.45) is 0 Å². The summed E-state index contributed by atoms with van der Waals surface area (Å²) in [7, 11) is 0. The fourth-order valence-electron chi connectivity index (χ4n) is 3.03. The minimum atomic E-state index is -4.70. The lowest BCUT2D eigenvalue weighted by Crippen LogP contribution is -2.34. The lowest BCUT2D eigenvalue weighted by Gasteiger charge is -2.22. The first kappa shape index (κ1) is 21.7. The van der Waals surface area contributed by atoms with E-state index in [0.717, 1.165) is 27.7 Å². The monoisotopic (exact) mass is 432 g/mol. The largest absolute Gasteiger partial charge is 0.431 e. The summed E-state index contributed by atoms with van der Waals surface area (Å²) >= 11 is 1.51. The molecule has 0 aliphatic rings. The minimum absolute atomic E-state index is 0.387. The van der Waals surface area contributed by atoms with E-state index in [0.29, 0.717) is 6.07 Å². The molecule has 0 aliphatic heterocycles. The Morgan fingerprint density at radius 1 is 1.03 bits per heavy atom. The van der Waals surface area contributed by atoms with Crippen LogP contribution in [0, 0.1) is 6.92 Å². The number of nitrogens with one attached hydrogen (secondary N) is 2. The fourth-order valence-corrected chi connectivity index (χ4v) is 3.67. The van der Waals surface area contributed by atoms with Crippen LogP contribution < -0.4 is 10.9 Å². The third kappa shape index (κ3) is 4.76. The van der Waals surface area contributed by atoms with Crippen molar-refractivity contribution in [3.63, 3.8) is 0 Å². The molecule has 1 heterocycles. The number of aryl methyl sites for hydroxylation is 1. The Morgan fingerprint density at radius 2 is 1.70 bits per heavy atom. The number of amides is 1. The van der Waals surface area contributed by atoms with Crippen molar-refractivity contribution >= 4 is 17.7 Å². The summed E-state index contributed by atoms with van der Waals surface area (Å²) in [5.74, 6) is -0.758. The number of thioether (sulfide) groups is 1. The Labute approximate surface area is 175 Å². The second-order valence-corrected chi connectivity index (χ2v) is 7.52. The van der Waals surface area contributed by atoms with Gasteiger partial charge in [-0.3, -0.25) is 9.59 Å². The Bertz CT molecular complexity index is 1110. The van der Waals surface area contributed by atoms with Crippen LogP contribution in [0.25, 0.3) is 0 Å². The van der Waals surface area contributed by atoms with Gasteiger partial charge in [0.25, 0.3) is 11.5 Å². The Balaban J connectivity index is 2.00. The maximum absolute atomic E-state index is 12.8. The fraction of sp³-hybridized carbons (Fsp3) is 0.182. The Morgan fingerprint density at radius 3 is 2.30 bits per heavy atom. The van der Waals surface area contributed by atoms with E-state index in [-0.39, 0.29) is 5.56 Å². The number of hydrogen-bond acceptors (Lipinski definition) is 3. The molecule has 1 atom stereocenters. The van der Waals surface area contributed by atoms with Crippen LogP contribution in [0.1, 0.15) is 38.8 Å². The number of rotatable bonds is 5. The van der Waals surface area contributed by atoms with Gasteiger partial charge in [0.2, 0.25) is 0 Å². The third-order valence-electron chi connectivity index (χ3n) is 4.60. The van der Waals surface area contributed by atoms with Crippen molar-refractivity contribution in [2.45, 2.75) is 24.0 Å². The van der Waals surface area contributed by atoms with Crippen molar-refractivity contribution < 1.29 is 18.0 Å². The van der Waals surface area contributed by atoms with Gasteiger partial charge >= 0.3 is 6.18 Å². The first-order valence-electron chi connectivity index (χ1n) is 9.01. The topological polar surface area (TPSA) is 62.0 Å². The molecule has 1 unspecified atom stereocenters. The number of alkyl halides is 3. The van der Waals surface area contributed by atoms with E-state index in [1.54, 1.807) is 4.98 Å². The summed E-state index contributed by atoms with van der Waals surface area (Å²) < 4.78 is 38.4. The molecule has 0 saturated heterocycles. The van der Waals surface area contributed by atoms with Crippen molar-refractivity contribution in [1.82, 2.24) is 10.3 Å². The van der Waals surface area contributed by atoms with Crippen molar-refractivity contribution in [2.75, 3.05) is 6.26 Å². The molecule has 0 fully saturated rings. The van der Waals surface area contributed by atoms with Gasteiger partial charge in [-0.05, 0) is 42.5 Å². The van der Waals surface area contributed by atoms with E-state index in [2.05, 4.69) is 5.32 Å². The quantitative estimate of drug-likeness (QED) is 0.561. The zero-order chi connectivity index (χ0) is 21.9. The predicted octanol–water partition coefficient (Wildman–Crippen LogP) is 4.94. The van der Waals surface area contributed by atoms with Gasteiger partial charge in [-0.15, -0.1) is 11.8 Å². The van der Waals surface area contributed by atoms with Crippen LogP contribution in [0.15, 0.2) is 70.4 Å². The molecule has 3 rings (SSSR count). The normalized spacial score (nSPS) is 12.4. The van der Waals surface area contributed by atoms with Crippen molar-refractivity contribution in [1.29, 1.82) is 0 Å². The molecule has 156 valence electrons. The summed E-state index contributed by atoms with van der Waals surface area (Å²) in [5.41, 5.74) is -0.0257. The first-order valence-corrected chi connectivity index (χ1v) is 10.2. The van der Waals surface area contributed by atoms with E-state index >= 15 is 0 Å². The van der Waals surface area contributed by atoms with Crippen LogP contribution >= 0.6 is 11.8 Å². The van der Waals surface area contributed by atoms with Gasteiger partial charge < -0.3 is 10.3 Å². The summed E-state index contributed by atoms with van der Waals surface area (Å²) in [5, 5.41) is 2.81. The molecular weight excluding hydrogens is 413 g/mol. The summed E-state index contributed by atoms with van der Waals surface area (Å²) in [6.07, 6.45) is -2.79. The number of carbonyl (C=O) groups excluding carboxylic acids is 1. The second-order valence-electron chi connectivity index (χ2n) is 6.67. The van der Waals surface area contributed by atoms with Crippen molar-refractivity contribution in [3.8, 4) is 0 Å². The van der Waals surface area contributed by atoms with Crippen LogP contribution in [0.5, 0.6) is 0 Å². The average Bonchev–Trinajstić information content (AvgIpc) is 2.72. The van der Waals surface area contributed by atoms with Gasteiger partial charge in [-0.25, -0.2) is 0 Å². The number of H-pyrrole nitrogens is 1. The minimum Gasteiger partial charge on any atom is -0.341 e. The van der Waals surface area contributed by atoms with Crippen LogP contribution in [0.4, 0.5) is 13.2 Å². The van der Waals surface area contributed by atoms with E-state index in [1.807, 2.05) is 61.7 Å². The number of carbonyl (C=O) groups is 1. The highest BCUT2D eigenvalue weighted by Crippen LogP contribution is 2.31. The van der Waals surface area contributed by atoms with Crippen LogP contribution in [-0.4, -0.2) is 17.1 Å². The number of aromatic amines is 1. The molecule has 2 N–H and O–H groups in total. The average molecular weight is 432 g/mol. The number of aromatic nitrogens is 1. The maximum Gasteiger partial charge on any atom is 0.431 e.